The van der Waals surface area contributed by atoms with Crippen LogP contribution in [0.5, 0.6) is 0 Å². The van der Waals surface area contributed by atoms with Crippen molar-refractivity contribution in [3.05, 3.63) is 140 Å². The highest BCUT2D eigenvalue weighted by molar-refractivity contribution is 6.11. The smallest absolute Gasteiger partial charge is 0.162 e. The monoisotopic (exact) mass is 521 g/mol. The lowest BCUT2D eigenvalue weighted by molar-refractivity contribution is 1.09. The minimum atomic E-state index is 0.740. The second kappa shape index (κ2) is 8.48. The molecule has 0 saturated carbocycles. The first-order valence-electron chi connectivity index (χ1n) is 13.9. The molecule has 0 aliphatic heterocycles. The van der Waals surface area contributed by atoms with Gasteiger partial charge >= 0.3 is 0 Å². The molecule has 5 aromatic carbocycles. The number of benzene rings is 5. The molecule has 0 atom stereocenters. The van der Waals surface area contributed by atoms with E-state index in [9.17, 15) is 0 Å². The van der Waals surface area contributed by atoms with Gasteiger partial charge < -0.3 is 0 Å². The van der Waals surface area contributed by atoms with Crippen molar-refractivity contribution in [2.45, 2.75) is 0 Å². The highest BCUT2D eigenvalue weighted by Crippen LogP contribution is 2.49. The molecule has 1 aliphatic carbocycles. The van der Waals surface area contributed by atoms with Crippen LogP contribution in [0, 0.1) is 0 Å². The van der Waals surface area contributed by atoms with Crippen LogP contribution in [0.4, 0.5) is 0 Å². The van der Waals surface area contributed by atoms with Gasteiger partial charge in [-0.05, 0) is 57.6 Å². The maximum Gasteiger partial charge on any atom is 0.162 e. The zero-order valence-electron chi connectivity index (χ0n) is 22.1. The second-order valence-corrected chi connectivity index (χ2v) is 10.6. The summed E-state index contributed by atoms with van der Waals surface area (Å²) in [5, 5.41) is 3.49. The van der Waals surface area contributed by atoms with Crippen LogP contribution < -0.4 is 0 Å². The van der Waals surface area contributed by atoms with Gasteiger partial charge in [0.05, 0.1) is 11.0 Å². The Morgan fingerprint density at radius 1 is 0.390 bits per heavy atom. The molecule has 8 aromatic rings. The average molecular weight is 522 g/mol. The van der Waals surface area contributed by atoms with Crippen LogP contribution in [0.1, 0.15) is 0 Å². The molecule has 0 saturated heterocycles. The number of fused-ring (bicyclic) bond motifs is 13. The van der Waals surface area contributed by atoms with Gasteiger partial charge in [0.2, 0.25) is 0 Å². The van der Waals surface area contributed by atoms with Gasteiger partial charge in [-0.3, -0.25) is 4.57 Å². The summed E-state index contributed by atoms with van der Waals surface area (Å²) in [7, 11) is 0. The molecular weight excluding hydrogens is 498 g/mol. The van der Waals surface area contributed by atoms with E-state index in [4.69, 9.17) is 9.97 Å². The summed E-state index contributed by atoms with van der Waals surface area (Å²) in [5.74, 6) is 0.868. The molecule has 9 rings (SSSR count). The number of hydrogen-bond acceptors (Lipinski definition) is 2. The predicted molar refractivity (Wildman–Crippen MR) is 169 cm³/mol. The van der Waals surface area contributed by atoms with Crippen molar-refractivity contribution in [2.24, 2.45) is 0 Å². The topological polar surface area (TPSA) is 30.7 Å². The van der Waals surface area contributed by atoms with Gasteiger partial charge in [-0.1, -0.05) is 109 Å². The largest absolute Gasteiger partial charge is 0.294 e. The number of aromatic nitrogens is 3. The fourth-order valence-corrected chi connectivity index (χ4v) is 6.70. The standard InChI is InChI=1S/C38H23N3/c1-2-12-25-24(11-1)26-13-3-4-15-28(26)33-23-39-38-32(37(33)31-18-6-5-14-27(25)31)21-22-36(40-38)41-34-19-9-7-16-29(34)30-17-8-10-20-35(30)41/h1-23H. The third kappa shape index (κ3) is 3.14. The summed E-state index contributed by atoms with van der Waals surface area (Å²) in [6, 6.07) is 47.5. The fourth-order valence-electron chi connectivity index (χ4n) is 6.70. The molecule has 0 bridgehead atoms. The van der Waals surface area contributed by atoms with E-state index in [1.54, 1.807) is 0 Å². The molecule has 0 spiro atoms. The van der Waals surface area contributed by atoms with Crippen LogP contribution in [0.3, 0.4) is 0 Å². The quantitative estimate of drug-likeness (QED) is 0.215. The Morgan fingerprint density at radius 3 is 1.44 bits per heavy atom. The highest BCUT2D eigenvalue weighted by Gasteiger charge is 2.24. The lowest BCUT2D eigenvalue weighted by Gasteiger charge is -2.23. The zero-order chi connectivity index (χ0) is 26.9. The van der Waals surface area contributed by atoms with E-state index in [0.717, 1.165) is 33.4 Å². The molecule has 3 heteroatoms. The van der Waals surface area contributed by atoms with Gasteiger partial charge in [0.25, 0.3) is 0 Å². The van der Waals surface area contributed by atoms with E-state index >= 15 is 0 Å². The Hall–Kier alpha value is -5.54. The van der Waals surface area contributed by atoms with Crippen molar-refractivity contribution in [3.8, 4) is 50.3 Å². The van der Waals surface area contributed by atoms with E-state index in [2.05, 4.69) is 138 Å². The lowest BCUT2D eigenvalue weighted by Crippen LogP contribution is -2.02. The second-order valence-electron chi connectivity index (χ2n) is 10.6. The summed E-state index contributed by atoms with van der Waals surface area (Å²) in [5.41, 5.74) is 12.6. The Balaban J connectivity index is 1.37. The third-order valence-corrected chi connectivity index (χ3v) is 8.45. The maximum absolute atomic E-state index is 5.21. The summed E-state index contributed by atoms with van der Waals surface area (Å²) in [6.45, 7) is 0. The number of pyridine rings is 2. The molecule has 0 amide bonds. The average Bonchev–Trinajstić information content (AvgIpc) is 3.38. The van der Waals surface area contributed by atoms with Gasteiger partial charge in [0.15, 0.2) is 5.65 Å². The Labute approximate surface area is 237 Å². The van der Waals surface area contributed by atoms with Crippen molar-refractivity contribution in [3.63, 3.8) is 0 Å². The highest BCUT2D eigenvalue weighted by atomic mass is 15.1. The van der Waals surface area contributed by atoms with Gasteiger partial charge in [0.1, 0.15) is 5.82 Å². The van der Waals surface area contributed by atoms with Crippen molar-refractivity contribution in [1.82, 2.24) is 14.5 Å². The van der Waals surface area contributed by atoms with Crippen LogP contribution >= 0.6 is 0 Å². The molecule has 41 heavy (non-hydrogen) atoms. The van der Waals surface area contributed by atoms with Crippen LogP contribution in [-0.4, -0.2) is 14.5 Å². The molecule has 3 aromatic heterocycles. The third-order valence-electron chi connectivity index (χ3n) is 8.45. The summed E-state index contributed by atoms with van der Waals surface area (Å²) < 4.78 is 2.25. The van der Waals surface area contributed by atoms with Crippen molar-refractivity contribution < 1.29 is 0 Å². The predicted octanol–water partition coefficient (Wildman–Crippen LogP) is 9.71. The molecule has 0 radical (unpaired) electrons. The summed E-state index contributed by atoms with van der Waals surface area (Å²) in [4.78, 5) is 10.2. The molecule has 0 fully saturated rings. The fraction of sp³-hybridized carbons (Fsp3) is 0. The molecule has 3 heterocycles. The lowest BCUT2D eigenvalue weighted by atomic mass is 9.80. The molecular formula is C38H23N3. The minimum absolute atomic E-state index is 0.740. The minimum Gasteiger partial charge on any atom is -0.294 e. The molecule has 0 N–H and O–H groups in total. The van der Waals surface area contributed by atoms with Gasteiger partial charge in [-0.25, -0.2) is 9.97 Å². The van der Waals surface area contributed by atoms with Crippen molar-refractivity contribution >= 4 is 32.8 Å². The molecule has 190 valence electrons. The van der Waals surface area contributed by atoms with Crippen LogP contribution in [0.15, 0.2) is 140 Å². The molecule has 0 unspecified atom stereocenters. The first-order valence-corrected chi connectivity index (χ1v) is 13.9. The van der Waals surface area contributed by atoms with Gasteiger partial charge in [-0.15, -0.1) is 0 Å². The Kier molecular flexibility index (Phi) is 4.61. The van der Waals surface area contributed by atoms with E-state index < -0.39 is 0 Å². The van der Waals surface area contributed by atoms with E-state index in [-0.39, 0.29) is 0 Å². The van der Waals surface area contributed by atoms with E-state index in [1.165, 1.54) is 49.7 Å². The van der Waals surface area contributed by atoms with Gasteiger partial charge in [0, 0.05) is 33.5 Å². The Bertz CT molecular complexity index is 2270. The number of hydrogen-bond donors (Lipinski definition) is 0. The Morgan fingerprint density at radius 2 is 0.854 bits per heavy atom. The van der Waals surface area contributed by atoms with Gasteiger partial charge in [-0.2, -0.15) is 0 Å². The van der Waals surface area contributed by atoms with Crippen molar-refractivity contribution in [2.75, 3.05) is 0 Å². The van der Waals surface area contributed by atoms with E-state index in [0.29, 0.717) is 0 Å². The maximum atomic E-state index is 5.21. The van der Waals surface area contributed by atoms with E-state index in [1.807, 2.05) is 6.20 Å². The normalized spacial score (nSPS) is 11.9. The SMILES string of the molecule is c1ccc2c(c1)-c1ccccc1-c1cnc3nc(-n4c5ccccc5c5ccccc54)ccc3c1-c1ccccc1-2. The molecule has 1 aliphatic rings. The van der Waals surface area contributed by atoms with Crippen LogP contribution in [-0.2, 0) is 0 Å². The number of nitrogens with zero attached hydrogens (tertiary/aromatic N) is 3. The number of para-hydroxylation sites is 2. The first kappa shape index (κ1) is 22.3. The zero-order valence-corrected chi connectivity index (χ0v) is 22.1. The number of rotatable bonds is 1. The summed E-state index contributed by atoms with van der Waals surface area (Å²) >= 11 is 0. The molecule has 3 nitrogen and oxygen atoms in total. The summed E-state index contributed by atoms with van der Waals surface area (Å²) in [6.07, 6.45) is 2.02. The van der Waals surface area contributed by atoms with Crippen molar-refractivity contribution in [1.29, 1.82) is 0 Å². The van der Waals surface area contributed by atoms with Crippen LogP contribution in [0.2, 0.25) is 0 Å². The van der Waals surface area contributed by atoms with Crippen LogP contribution in [0.25, 0.3) is 83.2 Å². The first-order chi connectivity index (χ1) is 20.4.